The minimum atomic E-state index is -3.69. The fourth-order valence-corrected chi connectivity index (χ4v) is 6.86. The molecule has 1 saturated heterocycles. The summed E-state index contributed by atoms with van der Waals surface area (Å²) in [4.78, 5) is 0.172. The van der Waals surface area contributed by atoms with E-state index in [0.717, 1.165) is 0 Å². The molecule has 1 atom stereocenters. The molecule has 0 amide bonds. The zero-order valence-corrected chi connectivity index (χ0v) is 14.2. The summed E-state index contributed by atoms with van der Waals surface area (Å²) in [6, 6.07) is 6.09. The molecule has 0 bridgehead atoms. The molecule has 0 radical (unpaired) electrons. The maximum atomic E-state index is 12.7. The quantitative estimate of drug-likeness (QED) is 0.794. The summed E-state index contributed by atoms with van der Waals surface area (Å²) >= 11 is 3.24. The van der Waals surface area contributed by atoms with E-state index < -0.39 is 25.9 Å². The molecule has 1 heterocycles. The number of nitrogens with zero attached hydrogens (tertiary/aromatic N) is 1. The minimum absolute atomic E-state index is 0.0552. The molecule has 1 unspecified atom stereocenters. The highest BCUT2D eigenvalue weighted by molar-refractivity contribution is 9.10. The van der Waals surface area contributed by atoms with Gasteiger partial charge in [0.1, 0.15) is 0 Å². The van der Waals surface area contributed by atoms with Crippen LogP contribution in [0.2, 0.25) is 0 Å². The summed E-state index contributed by atoms with van der Waals surface area (Å²) < 4.78 is 50.3. The van der Waals surface area contributed by atoms with Crippen molar-refractivity contribution in [1.82, 2.24) is 4.31 Å². The maximum Gasteiger partial charge on any atom is 0.244 e. The summed E-state index contributed by atoms with van der Waals surface area (Å²) in [5.41, 5.74) is 0. The lowest BCUT2D eigenvalue weighted by Crippen LogP contribution is -2.41. The third-order valence-electron chi connectivity index (χ3n) is 3.35. The zero-order chi connectivity index (χ0) is 15.0. The van der Waals surface area contributed by atoms with E-state index in [0.29, 0.717) is 10.9 Å². The number of hydrogen-bond acceptors (Lipinski definition) is 4. The van der Waals surface area contributed by atoms with Crippen molar-refractivity contribution in [3.8, 4) is 0 Å². The molecule has 1 aliphatic rings. The van der Waals surface area contributed by atoms with E-state index in [2.05, 4.69) is 15.9 Å². The Morgan fingerprint density at radius 3 is 2.50 bits per heavy atom. The third kappa shape index (κ3) is 3.08. The van der Waals surface area contributed by atoms with Crippen molar-refractivity contribution in [2.24, 2.45) is 0 Å². The highest BCUT2D eigenvalue weighted by atomic mass is 79.9. The van der Waals surface area contributed by atoms with Crippen molar-refractivity contribution in [3.05, 3.63) is 28.7 Å². The van der Waals surface area contributed by atoms with Gasteiger partial charge in [0.15, 0.2) is 9.84 Å². The van der Waals surface area contributed by atoms with Crippen molar-refractivity contribution >= 4 is 35.8 Å². The van der Waals surface area contributed by atoms with Crippen LogP contribution >= 0.6 is 15.9 Å². The van der Waals surface area contributed by atoms with Crippen LogP contribution in [0.15, 0.2) is 33.6 Å². The predicted octanol–water partition coefficient (Wildman–Crippen LogP) is 1.65. The molecule has 1 aromatic rings. The average Bonchev–Trinajstić information content (AvgIpc) is 2.70. The Bertz CT molecular complexity index is 700. The van der Waals surface area contributed by atoms with Gasteiger partial charge in [0.2, 0.25) is 10.0 Å². The second-order valence-electron chi connectivity index (χ2n) is 4.70. The summed E-state index contributed by atoms with van der Waals surface area (Å²) in [6.45, 7) is 1.98. The standard InChI is InChI=1S/C12H16BrNO4S2/c1-2-14(10-7-8-19(15,16)9-10)20(17,18)12-6-4-3-5-11(12)13/h3-6,10H,2,7-9H2,1H3. The van der Waals surface area contributed by atoms with E-state index >= 15 is 0 Å². The molecule has 1 aliphatic heterocycles. The second-order valence-corrected chi connectivity index (χ2v) is 9.64. The molecule has 0 aliphatic carbocycles. The number of sulfonamides is 1. The molecule has 0 aromatic heterocycles. The molecule has 0 saturated carbocycles. The molecular weight excluding hydrogens is 366 g/mol. The highest BCUT2D eigenvalue weighted by Gasteiger charge is 2.38. The van der Waals surface area contributed by atoms with Crippen LogP contribution in [0.1, 0.15) is 13.3 Å². The summed E-state index contributed by atoms with van der Waals surface area (Å²) in [7, 11) is -6.81. The van der Waals surface area contributed by atoms with Gasteiger partial charge in [-0.1, -0.05) is 19.1 Å². The number of rotatable bonds is 4. The Labute approximate surface area is 128 Å². The Morgan fingerprint density at radius 1 is 1.35 bits per heavy atom. The maximum absolute atomic E-state index is 12.7. The lowest BCUT2D eigenvalue weighted by Gasteiger charge is -2.26. The van der Waals surface area contributed by atoms with Crippen LogP contribution in [0.3, 0.4) is 0 Å². The largest absolute Gasteiger partial charge is 0.244 e. The van der Waals surface area contributed by atoms with Gasteiger partial charge < -0.3 is 0 Å². The first-order chi connectivity index (χ1) is 9.28. The molecular formula is C12H16BrNO4S2. The predicted molar refractivity (Wildman–Crippen MR) is 80.8 cm³/mol. The molecule has 1 fully saturated rings. The van der Waals surface area contributed by atoms with Gasteiger partial charge in [-0.15, -0.1) is 0 Å². The second kappa shape index (κ2) is 5.75. The number of halogens is 1. The Morgan fingerprint density at radius 2 is 2.00 bits per heavy atom. The summed E-state index contributed by atoms with van der Waals surface area (Å²) in [5, 5.41) is 0. The number of benzene rings is 1. The molecule has 0 spiro atoms. The van der Waals surface area contributed by atoms with Crippen LogP contribution in [0.4, 0.5) is 0 Å². The fraction of sp³-hybridized carbons (Fsp3) is 0.500. The van der Waals surface area contributed by atoms with Crippen molar-refractivity contribution in [3.63, 3.8) is 0 Å². The van der Waals surface area contributed by atoms with E-state index in [9.17, 15) is 16.8 Å². The normalized spacial score (nSPS) is 22.2. The van der Waals surface area contributed by atoms with E-state index in [1.54, 1.807) is 25.1 Å². The first-order valence-electron chi connectivity index (χ1n) is 6.25. The SMILES string of the molecule is CCN(C1CCS(=O)(=O)C1)S(=O)(=O)c1ccccc1Br. The summed E-state index contributed by atoms with van der Waals surface area (Å²) in [6.07, 6.45) is 0.361. The average molecular weight is 382 g/mol. The van der Waals surface area contributed by atoms with E-state index in [-0.39, 0.29) is 22.9 Å². The van der Waals surface area contributed by atoms with E-state index in [1.807, 2.05) is 0 Å². The van der Waals surface area contributed by atoms with Crippen LogP contribution < -0.4 is 0 Å². The first kappa shape index (κ1) is 15.9. The van der Waals surface area contributed by atoms with Gasteiger partial charge in [-0.05, 0) is 34.5 Å². The van der Waals surface area contributed by atoms with Crippen LogP contribution in [-0.2, 0) is 19.9 Å². The lowest BCUT2D eigenvalue weighted by atomic mass is 10.3. The van der Waals surface area contributed by atoms with Gasteiger partial charge in [0.25, 0.3) is 0 Å². The van der Waals surface area contributed by atoms with Crippen molar-refractivity contribution in [2.75, 3.05) is 18.1 Å². The van der Waals surface area contributed by atoms with Crippen molar-refractivity contribution in [2.45, 2.75) is 24.3 Å². The molecule has 5 nitrogen and oxygen atoms in total. The van der Waals surface area contributed by atoms with Gasteiger partial charge in [-0.3, -0.25) is 0 Å². The van der Waals surface area contributed by atoms with Crippen molar-refractivity contribution < 1.29 is 16.8 Å². The Balaban J connectivity index is 2.39. The van der Waals surface area contributed by atoms with Gasteiger partial charge in [-0.25, -0.2) is 16.8 Å². The number of hydrogen-bond donors (Lipinski definition) is 0. The fourth-order valence-electron chi connectivity index (χ4n) is 2.41. The molecule has 1 aromatic carbocycles. The minimum Gasteiger partial charge on any atom is -0.229 e. The Hall–Kier alpha value is -0.440. The summed E-state index contributed by atoms with van der Waals surface area (Å²) in [5.74, 6) is -0.0375. The van der Waals surface area contributed by atoms with Crippen molar-refractivity contribution in [1.29, 1.82) is 0 Å². The molecule has 2 rings (SSSR count). The van der Waals surface area contributed by atoms with Gasteiger partial charge in [-0.2, -0.15) is 4.31 Å². The highest BCUT2D eigenvalue weighted by Crippen LogP contribution is 2.28. The molecule has 20 heavy (non-hydrogen) atoms. The topological polar surface area (TPSA) is 71.5 Å². The van der Waals surface area contributed by atoms with Crippen LogP contribution in [0.25, 0.3) is 0 Å². The molecule has 8 heteroatoms. The number of sulfone groups is 1. The van der Waals surface area contributed by atoms with Crippen LogP contribution in [0.5, 0.6) is 0 Å². The van der Waals surface area contributed by atoms with E-state index in [4.69, 9.17) is 0 Å². The van der Waals surface area contributed by atoms with Gasteiger partial charge >= 0.3 is 0 Å². The van der Waals surface area contributed by atoms with Crippen LogP contribution in [0, 0.1) is 0 Å². The monoisotopic (exact) mass is 381 g/mol. The first-order valence-corrected chi connectivity index (χ1v) is 10.3. The smallest absolute Gasteiger partial charge is 0.229 e. The Kier molecular flexibility index (Phi) is 4.58. The molecule has 0 N–H and O–H groups in total. The zero-order valence-electron chi connectivity index (χ0n) is 11.0. The van der Waals surface area contributed by atoms with E-state index in [1.165, 1.54) is 10.4 Å². The van der Waals surface area contributed by atoms with Gasteiger partial charge in [0.05, 0.1) is 16.4 Å². The van der Waals surface area contributed by atoms with Crippen LogP contribution in [-0.4, -0.2) is 45.2 Å². The lowest BCUT2D eigenvalue weighted by molar-refractivity contribution is 0.354. The third-order valence-corrected chi connectivity index (χ3v) is 8.14. The molecule has 112 valence electrons. The van der Waals surface area contributed by atoms with Gasteiger partial charge in [0, 0.05) is 17.1 Å².